The van der Waals surface area contributed by atoms with Gasteiger partial charge in [-0.3, -0.25) is 0 Å². The maximum atomic E-state index is 2.55. The standard InChI is InChI=1S/C62H67N/c1-6-20-44(8-3)50-40-51(45(9-4)21-7-2)42-52(41-50)48-32-36-54(37-33-48)63(61-29-19-17-26-56(61)49-24-14-11-15-25-49)55-38-39-58-57-27-16-18-28-59(57)62(5,60(58)43-55)53-34-30-47(31-35-53)46-22-12-10-13-23-46/h11,14-19,24-46H,6-10,12-13,20-23H2,1-5H3. The van der Waals surface area contributed by atoms with Crippen molar-refractivity contribution >= 4 is 17.1 Å². The minimum Gasteiger partial charge on any atom is -0.310 e. The first-order valence-corrected chi connectivity index (χ1v) is 24.5. The van der Waals surface area contributed by atoms with Gasteiger partial charge in [-0.1, -0.05) is 193 Å². The van der Waals surface area contributed by atoms with Gasteiger partial charge in [-0.2, -0.15) is 0 Å². The van der Waals surface area contributed by atoms with E-state index in [2.05, 4.69) is 203 Å². The van der Waals surface area contributed by atoms with Crippen LogP contribution in [0, 0.1) is 0 Å². The number of fused-ring (bicyclic) bond motifs is 3. The Balaban J connectivity index is 1.18. The van der Waals surface area contributed by atoms with Crippen LogP contribution in [0.15, 0.2) is 164 Å². The predicted molar refractivity (Wildman–Crippen MR) is 271 cm³/mol. The van der Waals surface area contributed by atoms with Gasteiger partial charge < -0.3 is 4.90 Å². The van der Waals surface area contributed by atoms with Crippen molar-refractivity contribution < 1.29 is 0 Å². The highest BCUT2D eigenvalue weighted by Gasteiger charge is 2.41. The summed E-state index contributed by atoms with van der Waals surface area (Å²) in [5.41, 5.74) is 19.6. The van der Waals surface area contributed by atoms with Crippen LogP contribution in [0.5, 0.6) is 0 Å². The summed E-state index contributed by atoms with van der Waals surface area (Å²) >= 11 is 0. The average molecular weight is 826 g/mol. The zero-order chi connectivity index (χ0) is 43.3. The average Bonchev–Trinajstić information content (AvgIpc) is 3.61. The van der Waals surface area contributed by atoms with E-state index < -0.39 is 0 Å². The number of rotatable bonds is 15. The fraction of sp³-hybridized carbons (Fsp3) is 0.323. The molecule has 0 bridgehead atoms. The fourth-order valence-electron chi connectivity index (χ4n) is 11.4. The summed E-state index contributed by atoms with van der Waals surface area (Å²) in [5, 5.41) is 0. The Hall–Kier alpha value is -5.66. The lowest BCUT2D eigenvalue weighted by molar-refractivity contribution is 0.443. The van der Waals surface area contributed by atoms with Gasteiger partial charge in [0, 0.05) is 22.4 Å². The van der Waals surface area contributed by atoms with Crippen molar-refractivity contribution in [2.24, 2.45) is 0 Å². The summed E-state index contributed by atoms with van der Waals surface area (Å²) in [4.78, 5) is 2.51. The molecule has 63 heavy (non-hydrogen) atoms. The van der Waals surface area contributed by atoms with Crippen LogP contribution in [0.4, 0.5) is 17.1 Å². The molecule has 7 aromatic rings. The van der Waals surface area contributed by atoms with Gasteiger partial charge in [0.25, 0.3) is 0 Å². The molecule has 9 rings (SSSR count). The van der Waals surface area contributed by atoms with Crippen molar-refractivity contribution in [1.82, 2.24) is 0 Å². The van der Waals surface area contributed by atoms with Gasteiger partial charge in [0.15, 0.2) is 0 Å². The van der Waals surface area contributed by atoms with Crippen molar-refractivity contribution in [2.45, 2.75) is 128 Å². The molecule has 0 spiro atoms. The van der Waals surface area contributed by atoms with Crippen LogP contribution in [0.25, 0.3) is 33.4 Å². The Morgan fingerprint density at radius 1 is 0.492 bits per heavy atom. The molecule has 0 aliphatic heterocycles. The SMILES string of the molecule is CCCC(CC)c1cc(-c2ccc(N(c3ccc4c(c3)C(C)(c3ccc(C5CCCCC5)cc3)c3ccccc3-4)c3ccccc3-c3ccccc3)cc2)cc(C(CC)CCC)c1. The predicted octanol–water partition coefficient (Wildman–Crippen LogP) is 18.5. The van der Waals surface area contributed by atoms with Crippen molar-refractivity contribution in [1.29, 1.82) is 0 Å². The Bertz CT molecular complexity index is 2580. The molecule has 0 aromatic heterocycles. The zero-order valence-electron chi connectivity index (χ0n) is 38.5. The second-order valence-corrected chi connectivity index (χ2v) is 18.8. The molecule has 3 unspecified atom stereocenters. The molecule has 0 saturated heterocycles. The van der Waals surface area contributed by atoms with Gasteiger partial charge in [0.1, 0.15) is 0 Å². The van der Waals surface area contributed by atoms with Crippen LogP contribution in [0.1, 0.15) is 156 Å². The Morgan fingerprint density at radius 2 is 1.08 bits per heavy atom. The van der Waals surface area contributed by atoms with Crippen LogP contribution in [0.3, 0.4) is 0 Å². The smallest absolute Gasteiger partial charge is 0.0540 e. The number of nitrogens with zero attached hydrogens (tertiary/aromatic N) is 1. The fourth-order valence-corrected chi connectivity index (χ4v) is 11.4. The van der Waals surface area contributed by atoms with Crippen LogP contribution in [-0.2, 0) is 5.41 Å². The van der Waals surface area contributed by atoms with E-state index in [1.807, 2.05) is 0 Å². The van der Waals surface area contributed by atoms with E-state index in [1.165, 1.54) is 149 Å². The molecule has 0 radical (unpaired) electrons. The molecular formula is C62H67N. The van der Waals surface area contributed by atoms with Gasteiger partial charge in [-0.15, -0.1) is 0 Å². The first kappa shape index (κ1) is 42.6. The Morgan fingerprint density at radius 3 is 1.73 bits per heavy atom. The molecule has 0 N–H and O–H groups in total. The van der Waals surface area contributed by atoms with Gasteiger partial charge in [0.05, 0.1) is 5.69 Å². The molecular weight excluding hydrogens is 759 g/mol. The van der Waals surface area contributed by atoms with Gasteiger partial charge >= 0.3 is 0 Å². The van der Waals surface area contributed by atoms with Crippen LogP contribution in [0.2, 0.25) is 0 Å². The van der Waals surface area contributed by atoms with Crippen molar-refractivity contribution in [3.63, 3.8) is 0 Å². The lowest BCUT2D eigenvalue weighted by Gasteiger charge is -2.32. The second kappa shape index (κ2) is 19.0. The van der Waals surface area contributed by atoms with Gasteiger partial charge in [0.2, 0.25) is 0 Å². The molecule has 0 heterocycles. The number of anilines is 3. The van der Waals surface area contributed by atoms with E-state index in [0.29, 0.717) is 17.8 Å². The highest BCUT2D eigenvalue weighted by molar-refractivity contribution is 5.91. The number of hydrogen-bond acceptors (Lipinski definition) is 1. The number of benzene rings is 7. The first-order valence-electron chi connectivity index (χ1n) is 24.5. The molecule has 1 fully saturated rings. The van der Waals surface area contributed by atoms with Crippen molar-refractivity contribution in [2.75, 3.05) is 4.90 Å². The van der Waals surface area contributed by atoms with Crippen LogP contribution >= 0.6 is 0 Å². The van der Waals surface area contributed by atoms with E-state index in [9.17, 15) is 0 Å². The molecule has 2 aliphatic rings. The van der Waals surface area contributed by atoms with Crippen LogP contribution in [-0.4, -0.2) is 0 Å². The first-order chi connectivity index (χ1) is 30.9. The highest BCUT2D eigenvalue weighted by atomic mass is 15.1. The molecule has 0 amide bonds. The van der Waals surface area contributed by atoms with E-state index in [0.717, 1.165) is 5.69 Å². The van der Waals surface area contributed by atoms with E-state index in [1.54, 1.807) is 0 Å². The summed E-state index contributed by atoms with van der Waals surface area (Å²) in [6, 6.07) is 63.0. The summed E-state index contributed by atoms with van der Waals surface area (Å²) in [5.74, 6) is 1.86. The van der Waals surface area contributed by atoms with Gasteiger partial charge in [-0.25, -0.2) is 0 Å². The van der Waals surface area contributed by atoms with E-state index in [4.69, 9.17) is 0 Å². The van der Waals surface area contributed by atoms with Crippen LogP contribution < -0.4 is 4.90 Å². The Labute approximate surface area is 379 Å². The van der Waals surface area contributed by atoms with E-state index >= 15 is 0 Å². The number of hydrogen-bond donors (Lipinski definition) is 0. The normalized spacial score (nSPS) is 16.9. The molecule has 3 atom stereocenters. The lowest BCUT2D eigenvalue weighted by atomic mass is 9.73. The minimum atomic E-state index is -0.299. The molecule has 1 saturated carbocycles. The maximum Gasteiger partial charge on any atom is 0.0540 e. The quantitative estimate of drug-likeness (QED) is 0.0995. The largest absolute Gasteiger partial charge is 0.310 e. The highest BCUT2D eigenvalue weighted by Crippen LogP contribution is 2.54. The lowest BCUT2D eigenvalue weighted by Crippen LogP contribution is -2.23. The monoisotopic (exact) mass is 826 g/mol. The minimum absolute atomic E-state index is 0.299. The van der Waals surface area contributed by atoms with Crippen molar-refractivity contribution in [3.05, 3.63) is 197 Å². The summed E-state index contributed by atoms with van der Waals surface area (Å²) in [6.45, 7) is 11.8. The topological polar surface area (TPSA) is 3.24 Å². The molecule has 1 nitrogen and oxygen atoms in total. The zero-order valence-corrected chi connectivity index (χ0v) is 38.5. The second-order valence-electron chi connectivity index (χ2n) is 18.8. The molecule has 2 aliphatic carbocycles. The molecule has 7 aromatic carbocycles. The Kier molecular flexibility index (Phi) is 12.8. The third-order valence-corrected chi connectivity index (χ3v) is 15.0. The summed E-state index contributed by atoms with van der Waals surface area (Å²) < 4.78 is 0. The summed E-state index contributed by atoms with van der Waals surface area (Å²) in [6.07, 6.45) is 13.9. The summed E-state index contributed by atoms with van der Waals surface area (Å²) in [7, 11) is 0. The number of para-hydroxylation sites is 1. The van der Waals surface area contributed by atoms with Gasteiger partial charge in [-0.05, 0) is 155 Å². The van der Waals surface area contributed by atoms with E-state index in [-0.39, 0.29) is 5.41 Å². The van der Waals surface area contributed by atoms with Crippen molar-refractivity contribution in [3.8, 4) is 33.4 Å². The third kappa shape index (κ3) is 8.33. The third-order valence-electron chi connectivity index (χ3n) is 15.0. The molecule has 1 heteroatoms. The molecule has 320 valence electrons. The maximum absolute atomic E-state index is 2.55.